The first-order chi connectivity index (χ1) is 9.33. The quantitative estimate of drug-likeness (QED) is 0.780. The molecule has 0 aromatic heterocycles. The van der Waals surface area contributed by atoms with Gasteiger partial charge in [0.25, 0.3) is 0 Å². The molecule has 1 saturated heterocycles. The number of anilines is 1. The van der Waals surface area contributed by atoms with Gasteiger partial charge in [0.15, 0.2) is 5.78 Å². The van der Waals surface area contributed by atoms with Crippen LogP contribution in [0.4, 0.5) is 5.69 Å². The lowest BCUT2D eigenvalue weighted by Gasteiger charge is -2.26. The van der Waals surface area contributed by atoms with Crippen molar-refractivity contribution in [2.24, 2.45) is 0 Å². The first-order valence-corrected chi connectivity index (χ1v) is 6.80. The number of hydrogen-bond acceptors (Lipinski definition) is 5. The zero-order chi connectivity index (χ0) is 13.1. The molecule has 5 nitrogen and oxygen atoms in total. The number of piperazine rings is 1. The number of carbonyl (C=O) groups is 1. The van der Waals surface area contributed by atoms with Crippen LogP contribution in [0.5, 0.6) is 5.75 Å². The number of Topliss-reactive ketones (excluding diaryl/α,β-unsaturated/α-hetero) is 1. The van der Waals surface area contributed by atoms with Crippen LogP contribution in [-0.2, 0) is 0 Å². The molecule has 0 aliphatic carbocycles. The van der Waals surface area contributed by atoms with E-state index in [4.69, 9.17) is 4.74 Å². The van der Waals surface area contributed by atoms with E-state index in [1.54, 1.807) is 0 Å². The zero-order valence-electron chi connectivity index (χ0n) is 10.9. The lowest BCUT2D eigenvalue weighted by Crippen LogP contribution is -2.45. The smallest absolute Gasteiger partial charge is 0.176 e. The minimum atomic E-state index is 0.178. The highest BCUT2D eigenvalue weighted by atomic mass is 16.5. The van der Waals surface area contributed by atoms with Crippen LogP contribution in [0.15, 0.2) is 18.2 Å². The lowest BCUT2D eigenvalue weighted by atomic mass is 10.1. The number of hydrogen-bond donors (Lipinski definition) is 2. The van der Waals surface area contributed by atoms with Crippen molar-refractivity contribution in [2.45, 2.75) is 0 Å². The van der Waals surface area contributed by atoms with Crippen molar-refractivity contribution in [1.82, 2.24) is 10.2 Å². The van der Waals surface area contributed by atoms with Crippen molar-refractivity contribution < 1.29 is 9.53 Å². The van der Waals surface area contributed by atoms with Crippen molar-refractivity contribution in [2.75, 3.05) is 51.2 Å². The van der Waals surface area contributed by atoms with Gasteiger partial charge in [0.2, 0.25) is 0 Å². The Morgan fingerprint density at radius 2 is 2.11 bits per heavy atom. The van der Waals surface area contributed by atoms with E-state index in [0.29, 0.717) is 13.2 Å². The number of nitrogens with one attached hydrogen (secondary N) is 2. The number of rotatable bonds is 3. The van der Waals surface area contributed by atoms with Crippen molar-refractivity contribution in [3.8, 4) is 5.75 Å². The maximum absolute atomic E-state index is 12.3. The first-order valence-electron chi connectivity index (χ1n) is 6.80. The predicted molar refractivity (Wildman–Crippen MR) is 74.1 cm³/mol. The van der Waals surface area contributed by atoms with E-state index in [2.05, 4.69) is 15.5 Å². The van der Waals surface area contributed by atoms with E-state index >= 15 is 0 Å². The topological polar surface area (TPSA) is 53.6 Å². The van der Waals surface area contributed by atoms with Crippen molar-refractivity contribution in [1.29, 1.82) is 0 Å². The molecule has 0 saturated carbocycles. The van der Waals surface area contributed by atoms with Gasteiger partial charge in [-0.2, -0.15) is 0 Å². The third-order valence-corrected chi connectivity index (χ3v) is 3.55. The van der Waals surface area contributed by atoms with E-state index in [1.165, 1.54) is 0 Å². The Labute approximate surface area is 112 Å². The fraction of sp³-hybridized carbons (Fsp3) is 0.500. The molecular formula is C14H19N3O2. The number of nitrogens with zero attached hydrogens (tertiary/aromatic N) is 1. The van der Waals surface area contributed by atoms with Gasteiger partial charge < -0.3 is 15.4 Å². The highest BCUT2D eigenvalue weighted by Crippen LogP contribution is 2.28. The molecule has 0 unspecified atom stereocenters. The van der Waals surface area contributed by atoms with Crippen LogP contribution in [-0.4, -0.2) is 56.6 Å². The molecule has 1 fully saturated rings. The average molecular weight is 261 g/mol. The van der Waals surface area contributed by atoms with Crippen molar-refractivity contribution >= 4 is 11.5 Å². The second-order valence-electron chi connectivity index (χ2n) is 4.94. The normalized spacial score (nSPS) is 19.2. The Bertz CT molecular complexity index is 470. The zero-order valence-corrected chi connectivity index (χ0v) is 10.9. The van der Waals surface area contributed by atoms with Crippen molar-refractivity contribution in [3.05, 3.63) is 23.8 Å². The Hall–Kier alpha value is -1.59. The summed E-state index contributed by atoms with van der Waals surface area (Å²) >= 11 is 0. The van der Waals surface area contributed by atoms with Gasteiger partial charge in [-0.3, -0.25) is 9.69 Å². The van der Waals surface area contributed by atoms with Gasteiger partial charge in [-0.05, 0) is 18.2 Å². The fourth-order valence-electron chi connectivity index (χ4n) is 2.48. The van der Waals surface area contributed by atoms with E-state index in [1.807, 2.05) is 18.2 Å². The molecule has 0 spiro atoms. The summed E-state index contributed by atoms with van der Waals surface area (Å²) in [4.78, 5) is 14.5. The first kappa shape index (κ1) is 12.4. The molecule has 2 N–H and O–H groups in total. The number of carbonyl (C=O) groups excluding carboxylic acids is 1. The summed E-state index contributed by atoms with van der Waals surface area (Å²) in [6.07, 6.45) is 0. The van der Waals surface area contributed by atoms with Gasteiger partial charge in [-0.15, -0.1) is 0 Å². The molecule has 102 valence electrons. The van der Waals surface area contributed by atoms with E-state index in [-0.39, 0.29) is 5.78 Å². The van der Waals surface area contributed by atoms with Gasteiger partial charge in [-0.1, -0.05) is 0 Å². The van der Waals surface area contributed by atoms with Gasteiger partial charge >= 0.3 is 0 Å². The van der Waals surface area contributed by atoms with Crippen LogP contribution in [0, 0.1) is 0 Å². The number of benzene rings is 1. The largest absolute Gasteiger partial charge is 0.490 e. The summed E-state index contributed by atoms with van der Waals surface area (Å²) in [5, 5.41) is 6.55. The molecule has 19 heavy (non-hydrogen) atoms. The summed E-state index contributed by atoms with van der Waals surface area (Å²) in [5.41, 5.74) is 1.69. The minimum absolute atomic E-state index is 0.178. The molecule has 2 heterocycles. The Balaban J connectivity index is 1.69. The lowest BCUT2D eigenvalue weighted by molar-refractivity contribution is 0.0921. The maximum Gasteiger partial charge on any atom is 0.176 e. The van der Waals surface area contributed by atoms with Crippen LogP contribution >= 0.6 is 0 Å². The molecule has 0 radical (unpaired) electrons. The third-order valence-electron chi connectivity index (χ3n) is 3.55. The minimum Gasteiger partial charge on any atom is -0.490 e. The Morgan fingerprint density at radius 3 is 2.95 bits per heavy atom. The number of fused-ring (bicyclic) bond motifs is 1. The molecule has 1 aromatic carbocycles. The summed E-state index contributed by atoms with van der Waals surface area (Å²) in [7, 11) is 0. The predicted octanol–water partition coefficient (Wildman–Crippen LogP) is 0.579. The summed E-state index contributed by atoms with van der Waals surface area (Å²) in [5.74, 6) is 1.02. The molecule has 1 aromatic rings. The van der Waals surface area contributed by atoms with Gasteiger partial charge in [0, 0.05) is 38.3 Å². The van der Waals surface area contributed by atoms with Crippen molar-refractivity contribution in [3.63, 3.8) is 0 Å². The van der Waals surface area contributed by atoms with Gasteiger partial charge in [0.1, 0.15) is 12.4 Å². The summed E-state index contributed by atoms with van der Waals surface area (Å²) < 4.78 is 5.52. The van der Waals surface area contributed by atoms with Crippen LogP contribution in [0.2, 0.25) is 0 Å². The highest BCUT2D eigenvalue weighted by Gasteiger charge is 2.17. The molecular weight excluding hydrogens is 242 g/mol. The third kappa shape index (κ3) is 2.88. The molecule has 2 aliphatic rings. The van der Waals surface area contributed by atoms with E-state index in [9.17, 15) is 4.79 Å². The van der Waals surface area contributed by atoms with Crippen LogP contribution in [0.1, 0.15) is 10.4 Å². The fourth-order valence-corrected chi connectivity index (χ4v) is 2.48. The Kier molecular flexibility index (Phi) is 3.66. The maximum atomic E-state index is 12.3. The number of ether oxygens (including phenoxy) is 1. The van der Waals surface area contributed by atoms with Crippen LogP contribution in [0.25, 0.3) is 0 Å². The second kappa shape index (κ2) is 5.59. The molecule has 5 heteroatoms. The van der Waals surface area contributed by atoms with Gasteiger partial charge in [-0.25, -0.2) is 0 Å². The number of ketones is 1. The molecule has 0 amide bonds. The standard InChI is InChI=1S/C14H19N3O2/c18-13(10-17-6-3-15-4-7-17)11-1-2-14-12(9-11)16-5-8-19-14/h1-2,9,15-16H,3-8,10H2. The highest BCUT2D eigenvalue weighted by molar-refractivity contribution is 5.98. The molecule has 2 aliphatic heterocycles. The molecule has 0 atom stereocenters. The van der Waals surface area contributed by atoms with Crippen LogP contribution in [0.3, 0.4) is 0 Å². The van der Waals surface area contributed by atoms with Crippen LogP contribution < -0.4 is 15.4 Å². The van der Waals surface area contributed by atoms with Gasteiger partial charge in [0.05, 0.1) is 12.2 Å². The second-order valence-corrected chi connectivity index (χ2v) is 4.94. The molecule has 0 bridgehead atoms. The SMILES string of the molecule is O=C(CN1CCNCC1)c1ccc2c(c1)NCCO2. The van der Waals surface area contributed by atoms with E-state index < -0.39 is 0 Å². The average Bonchev–Trinajstić information content (AvgIpc) is 2.48. The summed E-state index contributed by atoms with van der Waals surface area (Å²) in [6, 6.07) is 5.64. The monoisotopic (exact) mass is 261 g/mol. The summed E-state index contributed by atoms with van der Waals surface area (Å²) in [6.45, 7) is 5.79. The Morgan fingerprint density at radius 1 is 1.26 bits per heavy atom. The van der Waals surface area contributed by atoms with E-state index in [0.717, 1.165) is 49.7 Å². The molecule has 3 rings (SSSR count).